The van der Waals surface area contributed by atoms with Gasteiger partial charge in [-0.2, -0.15) is 0 Å². The van der Waals surface area contributed by atoms with Crippen LogP contribution in [-0.2, 0) is 14.3 Å². The molecule has 0 saturated heterocycles. The molecule has 0 aliphatic heterocycles. The summed E-state index contributed by atoms with van der Waals surface area (Å²) < 4.78 is 4.74. The summed E-state index contributed by atoms with van der Waals surface area (Å²) in [4.78, 5) is 22.6. The standard InChI is InChI=1S/C15H19NO5.Na/c1-4-21-13(18)8-10(3)16-14(15(19)20)11-5-6-12(17)9(2)7-11;/h5-8,14,16-17H,4H2,1-3H3,(H,19,20);/q;+1/p-1. The van der Waals surface area contributed by atoms with Crippen molar-refractivity contribution in [1.29, 1.82) is 0 Å². The Morgan fingerprint density at radius 2 is 2.09 bits per heavy atom. The number of carbonyl (C=O) groups is 2. The number of phenolic OH excluding ortho intramolecular Hbond substituents is 1. The van der Waals surface area contributed by atoms with Crippen LogP contribution in [0, 0.1) is 6.92 Å². The largest absolute Gasteiger partial charge is 1.00 e. The van der Waals surface area contributed by atoms with Gasteiger partial charge in [-0.25, -0.2) is 4.79 Å². The van der Waals surface area contributed by atoms with Gasteiger partial charge in [0.05, 0.1) is 18.6 Å². The van der Waals surface area contributed by atoms with Gasteiger partial charge < -0.3 is 25.1 Å². The van der Waals surface area contributed by atoms with E-state index in [9.17, 15) is 19.8 Å². The van der Waals surface area contributed by atoms with E-state index in [-0.39, 0.29) is 41.9 Å². The number of hydrogen-bond donors (Lipinski definition) is 2. The second kappa shape index (κ2) is 9.50. The number of carboxylic acids is 1. The fourth-order valence-electron chi connectivity index (χ4n) is 1.77. The molecule has 0 saturated carbocycles. The number of aromatic hydroxyl groups is 1. The zero-order chi connectivity index (χ0) is 16.0. The second-order valence-electron chi connectivity index (χ2n) is 4.52. The molecule has 1 aromatic carbocycles. The van der Waals surface area contributed by atoms with Gasteiger partial charge in [0.15, 0.2) is 0 Å². The molecule has 0 amide bonds. The van der Waals surface area contributed by atoms with E-state index in [1.54, 1.807) is 26.8 Å². The normalized spacial score (nSPS) is 12.0. The molecule has 1 atom stereocenters. The van der Waals surface area contributed by atoms with Crippen LogP contribution >= 0.6 is 0 Å². The van der Waals surface area contributed by atoms with Crippen LogP contribution in [0.4, 0.5) is 0 Å². The Labute approximate surface area is 151 Å². The summed E-state index contributed by atoms with van der Waals surface area (Å²) in [5.41, 5.74) is 1.31. The van der Waals surface area contributed by atoms with E-state index in [0.717, 1.165) is 0 Å². The molecule has 1 unspecified atom stereocenters. The van der Waals surface area contributed by atoms with Gasteiger partial charge in [-0.3, -0.25) is 0 Å². The number of ether oxygens (including phenoxy) is 1. The van der Waals surface area contributed by atoms with Crippen LogP contribution in [0.5, 0.6) is 5.75 Å². The molecule has 6 nitrogen and oxygen atoms in total. The first kappa shape index (κ1) is 20.5. The molecular weight excluding hydrogens is 297 g/mol. The van der Waals surface area contributed by atoms with E-state index in [4.69, 9.17) is 4.74 Å². The molecule has 0 spiro atoms. The molecule has 0 heterocycles. The van der Waals surface area contributed by atoms with Crippen LogP contribution in [0.2, 0.25) is 0 Å². The molecule has 0 aliphatic carbocycles. The SMILES string of the molecule is CCOC(=O)C=C(C)NC(C(=O)[O-])c1ccc(O)c(C)c1.[Na+]. The summed E-state index contributed by atoms with van der Waals surface area (Å²) >= 11 is 0. The molecule has 0 aromatic heterocycles. The molecule has 7 heteroatoms. The number of nitrogens with one attached hydrogen (secondary N) is 1. The average molecular weight is 315 g/mol. The third-order valence-corrected chi connectivity index (χ3v) is 2.78. The van der Waals surface area contributed by atoms with Crippen LogP contribution < -0.4 is 40.0 Å². The maximum absolute atomic E-state index is 11.3. The molecule has 22 heavy (non-hydrogen) atoms. The number of carboxylic acid groups (broad SMARTS) is 1. The van der Waals surface area contributed by atoms with Crippen molar-refractivity contribution in [2.75, 3.05) is 6.61 Å². The maximum atomic E-state index is 11.3. The topological polar surface area (TPSA) is 98.7 Å². The Kier molecular flexibility index (Phi) is 8.86. The van der Waals surface area contributed by atoms with Crippen LogP contribution in [0.25, 0.3) is 0 Å². The first-order valence-electron chi connectivity index (χ1n) is 6.47. The van der Waals surface area contributed by atoms with Crippen molar-refractivity contribution < 1.29 is 54.1 Å². The van der Waals surface area contributed by atoms with E-state index in [1.165, 1.54) is 18.2 Å². The Morgan fingerprint density at radius 3 is 2.59 bits per heavy atom. The molecule has 0 bridgehead atoms. The molecule has 2 N–H and O–H groups in total. The summed E-state index contributed by atoms with van der Waals surface area (Å²) in [7, 11) is 0. The number of rotatable bonds is 6. The van der Waals surface area contributed by atoms with E-state index in [1.807, 2.05) is 0 Å². The van der Waals surface area contributed by atoms with Gasteiger partial charge in [-0.15, -0.1) is 0 Å². The number of esters is 1. The van der Waals surface area contributed by atoms with Crippen LogP contribution in [-0.4, -0.2) is 23.7 Å². The Bertz CT molecular complexity index is 571. The summed E-state index contributed by atoms with van der Waals surface area (Å²) in [6, 6.07) is 3.30. The van der Waals surface area contributed by atoms with E-state index in [0.29, 0.717) is 16.8 Å². The van der Waals surface area contributed by atoms with E-state index >= 15 is 0 Å². The number of carbonyl (C=O) groups excluding carboxylic acids is 2. The van der Waals surface area contributed by atoms with Gasteiger partial charge in [-0.05, 0) is 44.0 Å². The smallest absolute Gasteiger partial charge is 0.548 e. The number of aryl methyl sites for hydroxylation is 1. The van der Waals surface area contributed by atoms with Crippen molar-refractivity contribution in [3.05, 3.63) is 41.1 Å². The predicted molar refractivity (Wildman–Crippen MR) is 74.1 cm³/mol. The monoisotopic (exact) mass is 315 g/mol. The molecule has 1 rings (SSSR count). The number of phenols is 1. The summed E-state index contributed by atoms with van der Waals surface area (Å²) in [6.07, 6.45) is 1.17. The number of benzene rings is 1. The van der Waals surface area contributed by atoms with Gasteiger partial charge in [0.2, 0.25) is 0 Å². The minimum atomic E-state index is -1.34. The van der Waals surface area contributed by atoms with Crippen LogP contribution in [0.3, 0.4) is 0 Å². The van der Waals surface area contributed by atoms with Crippen LogP contribution in [0.1, 0.15) is 31.0 Å². The third kappa shape index (κ3) is 6.09. The van der Waals surface area contributed by atoms with Crippen molar-refractivity contribution in [2.24, 2.45) is 0 Å². The quantitative estimate of drug-likeness (QED) is 0.344. The average Bonchev–Trinajstić information content (AvgIpc) is 2.39. The fraction of sp³-hybridized carbons (Fsp3) is 0.333. The van der Waals surface area contributed by atoms with Gasteiger partial charge in [0, 0.05) is 11.8 Å². The van der Waals surface area contributed by atoms with Gasteiger partial charge in [0.1, 0.15) is 5.75 Å². The van der Waals surface area contributed by atoms with Crippen molar-refractivity contribution >= 4 is 11.9 Å². The minimum Gasteiger partial charge on any atom is -0.548 e. The minimum absolute atomic E-state index is 0. The molecular formula is C15H18NNaO5. The van der Waals surface area contributed by atoms with Crippen molar-refractivity contribution in [1.82, 2.24) is 5.32 Å². The summed E-state index contributed by atoms with van der Waals surface area (Å²) in [5.74, 6) is -1.81. The molecule has 0 aliphatic rings. The maximum Gasteiger partial charge on any atom is 1.00 e. The first-order chi connectivity index (χ1) is 9.85. The molecule has 1 aromatic rings. The predicted octanol–water partition coefficient (Wildman–Crippen LogP) is -2.45. The summed E-state index contributed by atoms with van der Waals surface area (Å²) in [5, 5.41) is 23.4. The van der Waals surface area contributed by atoms with Crippen molar-refractivity contribution in [3.63, 3.8) is 0 Å². The Morgan fingerprint density at radius 1 is 1.45 bits per heavy atom. The van der Waals surface area contributed by atoms with E-state index in [2.05, 4.69) is 5.32 Å². The molecule has 0 fully saturated rings. The Hall–Kier alpha value is -1.50. The summed E-state index contributed by atoms with van der Waals surface area (Å²) in [6.45, 7) is 5.13. The van der Waals surface area contributed by atoms with Crippen molar-refractivity contribution in [3.8, 4) is 5.75 Å². The fourth-order valence-corrected chi connectivity index (χ4v) is 1.77. The van der Waals surface area contributed by atoms with Gasteiger partial charge in [0.25, 0.3) is 0 Å². The third-order valence-electron chi connectivity index (χ3n) is 2.78. The molecule has 0 radical (unpaired) electrons. The van der Waals surface area contributed by atoms with Gasteiger partial charge in [-0.1, -0.05) is 6.07 Å². The zero-order valence-corrected chi connectivity index (χ0v) is 15.2. The number of aliphatic carboxylic acids is 1. The molecule has 114 valence electrons. The number of allylic oxidation sites excluding steroid dienone is 1. The second-order valence-corrected chi connectivity index (χ2v) is 4.52. The van der Waals surface area contributed by atoms with E-state index < -0.39 is 18.0 Å². The van der Waals surface area contributed by atoms with Crippen LogP contribution in [0.15, 0.2) is 30.0 Å². The Balaban J connectivity index is 0.00000441. The number of hydrogen-bond acceptors (Lipinski definition) is 6. The van der Waals surface area contributed by atoms with Gasteiger partial charge >= 0.3 is 35.5 Å². The first-order valence-corrected chi connectivity index (χ1v) is 6.47. The van der Waals surface area contributed by atoms with Crippen molar-refractivity contribution in [2.45, 2.75) is 26.8 Å². The zero-order valence-electron chi connectivity index (χ0n) is 13.2.